The molecule has 1 aromatic heterocycles. The molecule has 1 atom stereocenters. The minimum Gasteiger partial charge on any atom is -0.478 e. The molecule has 0 spiro atoms. The molecule has 0 saturated heterocycles. The van der Waals surface area contributed by atoms with E-state index in [1.807, 2.05) is 4.57 Å². The van der Waals surface area contributed by atoms with Gasteiger partial charge in [0, 0.05) is 24.6 Å². The number of carboxylic acid groups (broad SMARTS) is 1. The Kier molecular flexibility index (Phi) is 10.0. The van der Waals surface area contributed by atoms with Crippen molar-refractivity contribution in [3.8, 4) is 0 Å². The summed E-state index contributed by atoms with van der Waals surface area (Å²) in [6.07, 6.45) is 3.30. The van der Waals surface area contributed by atoms with E-state index < -0.39 is 11.8 Å². The van der Waals surface area contributed by atoms with Gasteiger partial charge in [-0.1, -0.05) is 44.9 Å². The molecule has 0 aliphatic heterocycles. The highest BCUT2D eigenvalue weighted by Crippen LogP contribution is 2.22. The third-order valence-electron chi connectivity index (χ3n) is 5.24. The first-order valence-corrected chi connectivity index (χ1v) is 11.8. The van der Waals surface area contributed by atoms with Gasteiger partial charge in [0.15, 0.2) is 5.15 Å². The fraction of sp³-hybridized carbons (Fsp3) is 0.522. The van der Waals surface area contributed by atoms with Crippen LogP contribution in [0.4, 0.5) is 4.39 Å². The van der Waals surface area contributed by atoms with Gasteiger partial charge in [0.2, 0.25) is 5.91 Å². The summed E-state index contributed by atoms with van der Waals surface area (Å²) in [7, 11) is 0. The number of halogens is 2. The van der Waals surface area contributed by atoms with Crippen LogP contribution < -0.4 is 5.32 Å². The van der Waals surface area contributed by atoms with Gasteiger partial charge in [0.1, 0.15) is 11.6 Å². The van der Waals surface area contributed by atoms with E-state index in [1.165, 1.54) is 12.1 Å². The molecular formula is C23H31ClFN3O3S. The van der Waals surface area contributed by atoms with E-state index in [2.05, 4.69) is 43.7 Å². The zero-order valence-electron chi connectivity index (χ0n) is 18.7. The SMILES string of the molecule is CCCCc1nc(Cl)c(CNC(=O)C(CS)CC(C)C)n1Cc1ccc(C(=O)O)c(F)c1. The zero-order valence-corrected chi connectivity index (χ0v) is 20.3. The molecule has 0 fully saturated rings. The molecule has 1 aromatic carbocycles. The molecule has 1 unspecified atom stereocenters. The number of carbonyl (C=O) groups is 2. The fourth-order valence-electron chi connectivity index (χ4n) is 3.55. The topological polar surface area (TPSA) is 84.2 Å². The number of rotatable bonds is 12. The quantitative estimate of drug-likeness (QED) is 0.372. The lowest BCUT2D eigenvalue weighted by molar-refractivity contribution is -0.124. The lowest BCUT2D eigenvalue weighted by Crippen LogP contribution is -2.33. The van der Waals surface area contributed by atoms with Gasteiger partial charge < -0.3 is 15.0 Å². The number of aromatic nitrogens is 2. The number of carbonyl (C=O) groups excluding carboxylic acids is 1. The van der Waals surface area contributed by atoms with Gasteiger partial charge in [-0.25, -0.2) is 14.2 Å². The molecule has 32 heavy (non-hydrogen) atoms. The van der Waals surface area contributed by atoms with Crippen LogP contribution in [0.3, 0.4) is 0 Å². The summed E-state index contributed by atoms with van der Waals surface area (Å²) in [6, 6.07) is 4.04. The molecule has 0 saturated carbocycles. The number of nitrogens with zero attached hydrogens (tertiary/aromatic N) is 2. The smallest absolute Gasteiger partial charge is 0.338 e. The number of imidazole rings is 1. The second-order valence-electron chi connectivity index (χ2n) is 8.30. The summed E-state index contributed by atoms with van der Waals surface area (Å²) in [5.41, 5.74) is 0.843. The summed E-state index contributed by atoms with van der Waals surface area (Å²) in [6.45, 7) is 6.65. The molecule has 2 rings (SSSR count). The number of hydrogen-bond donors (Lipinski definition) is 3. The van der Waals surface area contributed by atoms with E-state index in [0.717, 1.165) is 25.1 Å². The van der Waals surface area contributed by atoms with Gasteiger partial charge in [0.25, 0.3) is 0 Å². The molecule has 0 aliphatic carbocycles. The number of aryl methyl sites for hydroxylation is 1. The van der Waals surface area contributed by atoms with E-state index in [-0.39, 0.29) is 30.5 Å². The third kappa shape index (κ3) is 6.97. The van der Waals surface area contributed by atoms with Crippen LogP contribution in [-0.2, 0) is 24.3 Å². The molecule has 6 nitrogen and oxygen atoms in total. The van der Waals surface area contributed by atoms with Crippen LogP contribution in [0.25, 0.3) is 0 Å². The normalized spacial score (nSPS) is 12.2. The van der Waals surface area contributed by atoms with Crippen molar-refractivity contribution in [2.45, 2.75) is 59.5 Å². The van der Waals surface area contributed by atoms with Gasteiger partial charge in [-0.15, -0.1) is 0 Å². The predicted molar refractivity (Wildman–Crippen MR) is 127 cm³/mol. The van der Waals surface area contributed by atoms with E-state index >= 15 is 0 Å². The second kappa shape index (κ2) is 12.3. The highest BCUT2D eigenvalue weighted by atomic mass is 35.5. The number of amides is 1. The number of unbranched alkanes of at least 4 members (excludes halogenated alkanes) is 1. The van der Waals surface area contributed by atoms with Crippen molar-refractivity contribution >= 4 is 36.1 Å². The maximum absolute atomic E-state index is 14.2. The van der Waals surface area contributed by atoms with Crippen LogP contribution in [-0.4, -0.2) is 32.3 Å². The van der Waals surface area contributed by atoms with E-state index in [0.29, 0.717) is 34.5 Å². The average molecular weight is 484 g/mol. The lowest BCUT2D eigenvalue weighted by Gasteiger charge is -2.18. The highest BCUT2D eigenvalue weighted by Gasteiger charge is 2.21. The van der Waals surface area contributed by atoms with Gasteiger partial charge >= 0.3 is 5.97 Å². The first-order chi connectivity index (χ1) is 15.2. The van der Waals surface area contributed by atoms with Crippen LogP contribution in [0.15, 0.2) is 18.2 Å². The Balaban J connectivity index is 2.29. The zero-order chi connectivity index (χ0) is 23.8. The molecule has 176 valence electrons. The number of hydrogen-bond acceptors (Lipinski definition) is 4. The maximum atomic E-state index is 14.2. The Morgan fingerprint density at radius 2 is 2.06 bits per heavy atom. The summed E-state index contributed by atoms with van der Waals surface area (Å²) in [4.78, 5) is 28.2. The van der Waals surface area contributed by atoms with Crippen molar-refractivity contribution < 1.29 is 19.1 Å². The Hall–Kier alpha value is -2.06. The second-order valence-corrected chi connectivity index (χ2v) is 9.02. The standard InChI is InChI=1S/C23H31ClFN3O3S/c1-4-5-6-20-27-21(24)19(11-26-22(29)16(13-32)9-14(2)3)28(20)12-15-7-8-17(23(30)31)18(25)10-15/h7-8,10,14,16,32H,4-6,9,11-13H2,1-3H3,(H,26,29)(H,30,31). The van der Waals surface area contributed by atoms with E-state index in [1.54, 1.807) is 6.07 Å². The Labute approximate surface area is 199 Å². The van der Waals surface area contributed by atoms with Crippen LogP contribution in [0.1, 0.15) is 67.5 Å². The summed E-state index contributed by atoms with van der Waals surface area (Å²) in [5, 5.41) is 12.3. The molecule has 2 N–H and O–H groups in total. The van der Waals surface area contributed by atoms with Crippen LogP contribution >= 0.6 is 24.2 Å². The van der Waals surface area contributed by atoms with Crippen LogP contribution in [0.2, 0.25) is 5.15 Å². The maximum Gasteiger partial charge on any atom is 0.338 e. The summed E-state index contributed by atoms with van der Waals surface area (Å²) in [5.74, 6) is -0.833. The monoisotopic (exact) mass is 483 g/mol. The Morgan fingerprint density at radius 1 is 1.34 bits per heavy atom. The summed E-state index contributed by atoms with van der Waals surface area (Å²) >= 11 is 10.7. The largest absolute Gasteiger partial charge is 0.478 e. The Bertz CT molecular complexity index is 949. The Morgan fingerprint density at radius 3 is 2.62 bits per heavy atom. The van der Waals surface area contributed by atoms with Crippen molar-refractivity contribution in [3.05, 3.63) is 51.8 Å². The molecule has 2 aromatic rings. The minimum atomic E-state index is -1.31. The number of thiol groups is 1. The molecule has 0 aliphatic rings. The minimum absolute atomic E-state index is 0.0931. The van der Waals surface area contributed by atoms with Gasteiger partial charge in [-0.05, 0) is 36.5 Å². The number of aromatic carboxylic acids is 1. The van der Waals surface area contributed by atoms with Crippen molar-refractivity contribution in [3.63, 3.8) is 0 Å². The van der Waals surface area contributed by atoms with Gasteiger partial charge in [0.05, 0.1) is 17.8 Å². The van der Waals surface area contributed by atoms with Crippen molar-refractivity contribution in [1.82, 2.24) is 14.9 Å². The number of carboxylic acids is 1. The van der Waals surface area contributed by atoms with Crippen molar-refractivity contribution in [2.24, 2.45) is 11.8 Å². The molecular weight excluding hydrogens is 453 g/mol. The summed E-state index contributed by atoms with van der Waals surface area (Å²) < 4.78 is 16.1. The van der Waals surface area contributed by atoms with E-state index in [4.69, 9.17) is 16.7 Å². The molecule has 9 heteroatoms. The van der Waals surface area contributed by atoms with Gasteiger partial charge in [-0.2, -0.15) is 12.6 Å². The highest BCUT2D eigenvalue weighted by molar-refractivity contribution is 7.80. The number of benzene rings is 1. The number of nitrogens with one attached hydrogen (secondary N) is 1. The predicted octanol–water partition coefficient (Wildman–Crippen LogP) is 4.97. The molecule has 1 heterocycles. The van der Waals surface area contributed by atoms with E-state index in [9.17, 15) is 14.0 Å². The van der Waals surface area contributed by atoms with Crippen LogP contribution in [0, 0.1) is 17.7 Å². The van der Waals surface area contributed by atoms with Crippen molar-refractivity contribution in [2.75, 3.05) is 5.75 Å². The first kappa shape index (κ1) is 26.2. The van der Waals surface area contributed by atoms with Gasteiger partial charge in [-0.3, -0.25) is 4.79 Å². The first-order valence-electron chi connectivity index (χ1n) is 10.8. The molecule has 0 radical (unpaired) electrons. The third-order valence-corrected chi connectivity index (χ3v) is 5.98. The fourth-order valence-corrected chi connectivity index (χ4v) is 4.13. The van der Waals surface area contributed by atoms with Crippen LogP contribution in [0.5, 0.6) is 0 Å². The lowest BCUT2D eigenvalue weighted by atomic mass is 9.98. The van der Waals surface area contributed by atoms with Crippen molar-refractivity contribution in [1.29, 1.82) is 0 Å². The molecule has 1 amide bonds. The molecule has 0 bridgehead atoms. The average Bonchev–Trinajstić information content (AvgIpc) is 3.02.